The van der Waals surface area contributed by atoms with Crippen molar-refractivity contribution in [1.82, 2.24) is 10.3 Å². The molecule has 2 aromatic carbocycles. The van der Waals surface area contributed by atoms with Crippen molar-refractivity contribution in [2.45, 2.75) is 18.7 Å². The first-order chi connectivity index (χ1) is 12.2. The molecule has 0 aromatic heterocycles. The van der Waals surface area contributed by atoms with E-state index in [0.717, 1.165) is 5.56 Å². The van der Waals surface area contributed by atoms with E-state index in [1.54, 1.807) is 19.1 Å². The van der Waals surface area contributed by atoms with Crippen molar-refractivity contribution < 1.29 is 22.9 Å². The number of carbonyl (C=O) groups excluding carboxylic acids is 1. The van der Waals surface area contributed by atoms with Gasteiger partial charge in [-0.05, 0) is 31.5 Å². The number of sulfonamides is 1. The molecule has 0 aliphatic carbocycles. The van der Waals surface area contributed by atoms with Gasteiger partial charge in [-0.3, -0.25) is 20.3 Å². The topological polar surface area (TPSA) is 128 Å². The number of aryl methyl sites for hydroxylation is 2. The number of ether oxygens (including phenoxy) is 1. The molecule has 0 saturated heterocycles. The monoisotopic (exact) mass is 379 g/mol. The maximum Gasteiger partial charge on any atom is 0.310 e. The first-order valence-electron chi connectivity index (χ1n) is 7.45. The number of nitrogens with zero attached hydrogens (tertiary/aromatic N) is 1. The fourth-order valence-corrected chi connectivity index (χ4v) is 3.28. The molecule has 0 spiro atoms. The standard InChI is InChI=1S/C16H17N3O6S/c1-11-7-8-15(12(2)9-11)26(23,24)18-17-16(20)10-25-14-6-4-3-5-13(14)19(21)22/h3-9,18H,10H2,1-2H3,(H,17,20). The molecule has 9 nitrogen and oxygen atoms in total. The van der Waals surface area contributed by atoms with Crippen LogP contribution in [0.15, 0.2) is 47.4 Å². The first kappa shape index (κ1) is 19.3. The Morgan fingerprint density at radius 1 is 1.19 bits per heavy atom. The summed E-state index contributed by atoms with van der Waals surface area (Å²) < 4.78 is 29.5. The number of nitro benzene ring substituents is 1. The van der Waals surface area contributed by atoms with Gasteiger partial charge in [0.15, 0.2) is 12.4 Å². The van der Waals surface area contributed by atoms with Crippen molar-refractivity contribution in [3.63, 3.8) is 0 Å². The molecule has 2 aromatic rings. The van der Waals surface area contributed by atoms with Gasteiger partial charge in [0, 0.05) is 6.07 Å². The highest BCUT2D eigenvalue weighted by Crippen LogP contribution is 2.25. The number of para-hydroxylation sites is 2. The molecule has 10 heteroatoms. The quantitative estimate of drug-likeness (QED) is 0.555. The summed E-state index contributed by atoms with van der Waals surface area (Å²) in [5, 5.41) is 10.9. The third-order valence-corrected chi connectivity index (χ3v) is 4.77. The lowest BCUT2D eigenvalue weighted by Gasteiger charge is -2.11. The van der Waals surface area contributed by atoms with Crippen molar-refractivity contribution in [3.05, 3.63) is 63.7 Å². The first-order valence-corrected chi connectivity index (χ1v) is 8.93. The predicted octanol–water partition coefficient (Wildman–Crippen LogP) is 1.60. The molecule has 0 radical (unpaired) electrons. The minimum atomic E-state index is -3.95. The van der Waals surface area contributed by atoms with Gasteiger partial charge in [0.25, 0.3) is 15.9 Å². The second kappa shape index (κ2) is 7.93. The summed E-state index contributed by atoms with van der Waals surface area (Å²) in [6.45, 7) is 2.87. The molecule has 0 fully saturated rings. The van der Waals surface area contributed by atoms with Crippen molar-refractivity contribution >= 4 is 21.6 Å². The molecule has 0 atom stereocenters. The van der Waals surface area contributed by atoms with Crippen LogP contribution in [0.2, 0.25) is 0 Å². The highest BCUT2D eigenvalue weighted by molar-refractivity contribution is 7.89. The fourth-order valence-electron chi connectivity index (χ4n) is 2.19. The van der Waals surface area contributed by atoms with Crippen LogP contribution in [0.1, 0.15) is 11.1 Å². The number of rotatable bonds is 7. The van der Waals surface area contributed by atoms with Crippen LogP contribution in [0.3, 0.4) is 0 Å². The molecule has 138 valence electrons. The average molecular weight is 379 g/mol. The Morgan fingerprint density at radius 2 is 1.88 bits per heavy atom. The van der Waals surface area contributed by atoms with E-state index < -0.39 is 27.5 Å². The number of hydrazine groups is 1. The summed E-state index contributed by atoms with van der Waals surface area (Å²) in [7, 11) is -3.95. The lowest BCUT2D eigenvalue weighted by atomic mass is 10.2. The lowest BCUT2D eigenvalue weighted by molar-refractivity contribution is -0.385. The van der Waals surface area contributed by atoms with E-state index in [1.165, 1.54) is 30.3 Å². The van der Waals surface area contributed by atoms with Crippen molar-refractivity contribution in [3.8, 4) is 5.75 Å². The third-order valence-electron chi connectivity index (χ3n) is 3.37. The van der Waals surface area contributed by atoms with Crippen LogP contribution in [0, 0.1) is 24.0 Å². The van der Waals surface area contributed by atoms with Crippen molar-refractivity contribution in [1.29, 1.82) is 0 Å². The van der Waals surface area contributed by atoms with Gasteiger partial charge in [-0.25, -0.2) is 8.42 Å². The van der Waals surface area contributed by atoms with Crippen LogP contribution in [0.4, 0.5) is 5.69 Å². The second-order valence-electron chi connectivity index (χ2n) is 5.44. The number of amides is 1. The highest BCUT2D eigenvalue weighted by Gasteiger charge is 2.19. The fraction of sp³-hybridized carbons (Fsp3) is 0.188. The molecule has 26 heavy (non-hydrogen) atoms. The number of hydrogen-bond acceptors (Lipinski definition) is 6. The summed E-state index contributed by atoms with van der Waals surface area (Å²) in [6.07, 6.45) is 0. The normalized spacial score (nSPS) is 11.0. The molecule has 2 N–H and O–H groups in total. The summed E-state index contributed by atoms with van der Waals surface area (Å²) in [4.78, 5) is 24.0. The van der Waals surface area contributed by atoms with Crippen LogP contribution < -0.4 is 15.0 Å². The highest BCUT2D eigenvalue weighted by atomic mass is 32.2. The van der Waals surface area contributed by atoms with E-state index in [1.807, 2.05) is 17.2 Å². The summed E-state index contributed by atoms with van der Waals surface area (Å²) in [5.41, 5.74) is 3.15. The van der Waals surface area contributed by atoms with Gasteiger partial charge in [-0.2, -0.15) is 0 Å². The van der Waals surface area contributed by atoms with Gasteiger partial charge in [-0.1, -0.05) is 29.8 Å². The maximum absolute atomic E-state index is 12.2. The predicted molar refractivity (Wildman–Crippen MR) is 93.0 cm³/mol. The third kappa shape index (κ3) is 4.77. The summed E-state index contributed by atoms with van der Waals surface area (Å²) >= 11 is 0. The Hall–Kier alpha value is -2.98. The zero-order valence-corrected chi connectivity index (χ0v) is 14.9. The van der Waals surface area contributed by atoms with E-state index in [2.05, 4.69) is 0 Å². The summed E-state index contributed by atoms with van der Waals surface area (Å²) in [6, 6.07) is 10.3. The molecular weight excluding hydrogens is 362 g/mol. The van der Waals surface area contributed by atoms with Gasteiger partial charge in [0.1, 0.15) is 0 Å². The van der Waals surface area contributed by atoms with Crippen LogP contribution in [-0.2, 0) is 14.8 Å². The minimum absolute atomic E-state index is 0.0306. The largest absolute Gasteiger partial charge is 0.477 e. The zero-order chi connectivity index (χ0) is 19.3. The van der Waals surface area contributed by atoms with Crippen LogP contribution >= 0.6 is 0 Å². The summed E-state index contributed by atoms with van der Waals surface area (Å²) in [5.74, 6) is -0.902. The molecule has 2 rings (SSSR count). The van der Waals surface area contributed by atoms with E-state index in [-0.39, 0.29) is 16.3 Å². The number of nitrogens with one attached hydrogen (secondary N) is 2. The van der Waals surface area contributed by atoms with Crippen LogP contribution in [-0.4, -0.2) is 25.9 Å². The van der Waals surface area contributed by atoms with Gasteiger partial charge < -0.3 is 4.74 Å². The molecule has 0 heterocycles. The molecule has 0 unspecified atom stereocenters. The lowest BCUT2D eigenvalue weighted by Crippen LogP contribution is -2.43. The zero-order valence-electron chi connectivity index (χ0n) is 14.1. The SMILES string of the molecule is Cc1ccc(S(=O)(=O)NNC(=O)COc2ccccc2[N+](=O)[O-])c(C)c1. The maximum atomic E-state index is 12.2. The molecule has 1 amide bonds. The Bertz CT molecular complexity index is 943. The number of benzene rings is 2. The minimum Gasteiger partial charge on any atom is -0.477 e. The van der Waals surface area contributed by atoms with Crippen LogP contribution in [0.5, 0.6) is 5.75 Å². The van der Waals surface area contributed by atoms with Gasteiger partial charge in [0.2, 0.25) is 0 Å². The average Bonchev–Trinajstić information content (AvgIpc) is 2.58. The Kier molecular flexibility index (Phi) is 5.90. The number of hydrogen-bond donors (Lipinski definition) is 2. The van der Waals surface area contributed by atoms with Gasteiger partial charge in [0.05, 0.1) is 9.82 Å². The van der Waals surface area contributed by atoms with E-state index in [9.17, 15) is 23.3 Å². The van der Waals surface area contributed by atoms with Gasteiger partial charge in [-0.15, -0.1) is 4.83 Å². The van der Waals surface area contributed by atoms with E-state index >= 15 is 0 Å². The molecule has 0 bridgehead atoms. The molecule has 0 saturated carbocycles. The molecule has 0 aliphatic heterocycles. The Balaban J connectivity index is 1.97. The molecular formula is C16H17N3O6S. The van der Waals surface area contributed by atoms with Crippen molar-refractivity contribution in [2.75, 3.05) is 6.61 Å². The number of carbonyl (C=O) groups is 1. The number of nitro groups is 1. The van der Waals surface area contributed by atoms with Gasteiger partial charge >= 0.3 is 5.69 Å². The van der Waals surface area contributed by atoms with E-state index in [0.29, 0.717) is 5.56 Å². The molecule has 0 aliphatic rings. The smallest absolute Gasteiger partial charge is 0.310 e. The van der Waals surface area contributed by atoms with Crippen LogP contribution in [0.25, 0.3) is 0 Å². The van der Waals surface area contributed by atoms with E-state index in [4.69, 9.17) is 4.74 Å². The second-order valence-corrected chi connectivity index (χ2v) is 7.09. The van der Waals surface area contributed by atoms with Crippen molar-refractivity contribution in [2.24, 2.45) is 0 Å². The Labute approximate surface area is 150 Å². The Morgan fingerprint density at radius 3 is 2.54 bits per heavy atom.